The normalized spacial score (nSPS) is 15.9. The van der Waals surface area contributed by atoms with E-state index in [9.17, 15) is 9.18 Å². The van der Waals surface area contributed by atoms with E-state index in [4.69, 9.17) is 4.42 Å². The van der Waals surface area contributed by atoms with E-state index in [2.05, 4.69) is 10.2 Å². The first-order valence-corrected chi connectivity index (χ1v) is 9.39. The Hall–Kier alpha value is -2.66. The predicted molar refractivity (Wildman–Crippen MR) is 103 cm³/mol. The maximum Gasteiger partial charge on any atom is 0.251 e. The second kappa shape index (κ2) is 7.53. The molecule has 140 valence electrons. The van der Waals surface area contributed by atoms with Gasteiger partial charge in [-0.1, -0.05) is 18.2 Å². The highest BCUT2D eigenvalue weighted by Gasteiger charge is 2.26. The molecular formula is C22H23FN2O2. The van der Waals surface area contributed by atoms with Crippen LogP contribution in [0.5, 0.6) is 0 Å². The summed E-state index contributed by atoms with van der Waals surface area (Å²) in [5.74, 6) is 0.437. The molecule has 1 N–H and O–H groups in total. The van der Waals surface area contributed by atoms with E-state index in [0.717, 1.165) is 42.7 Å². The van der Waals surface area contributed by atoms with E-state index in [1.165, 1.54) is 6.07 Å². The van der Waals surface area contributed by atoms with Crippen molar-refractivity contribution in [2.75, 3.05) is 19.6 Å². The summed E-state index contributed by atoms with van der Waals surface area (Å²) in [6.45, 7) is 4.11. The van der Waals surface area contributed by atoms with Crippen LogP contribution in [0.1, 0.15) is 40.6 Å². The minimum atomic E-state index is -0.223. The van der Waals surface area contributed by atoms with E-state index >= 15 is 0 Å². The van der Waals surface area contributed by atoms with Crippen LogP contribution in [0.15, 0.2) is 52.9 Å². The summed E-state index contributed by atoms with van der Waals surface area (Å²) in [5, 5.41) is 3.90. The van der Waals surface area contributed by atoms with Crippen LogP contribution in [-0.2, 0) is 0 Å². The van der Waals surface area contributed by atoms with Crippen molar-refractivity contribution in [2.24, 2.45) is 0 Å². The summed E-state index contributed by atoms with van der Waals surface area (Å²) < 4.78 is 19.9. The molecule has 3 aromatic rings. The standard InChI is InChI=1S/C22H23FN2O2/c1-15-12-17-13-16(8-9-21(17)27-15)22(26)24-14-20(25-10-4-5-11-25)18-6-2-3-7-19(18)23/h2-3,6-9,12-13,20H,4-5,10-11,14H2,1H3,(H,24,26)/t20-/m1/s1. The van der Waals surface area contributed by atoms with Gasteiger partial charge in [-0.15, -0.1) is 0 Å². The van der Waals surface area contributed by atoms with Crippen LogP contribution in [0.25, 0.3) is 11.0 Å². The number of likely N-dealkylation sites (tertiary alicyclic amines) is 1. The number of furan rings is 1. The molecule has 0 aliphatic carbocycles. The molecule has 1 aliphatic rings. The van der Waals surface area contributed by atoms with Gasteiger partial charge in [0.05, 0.1) is 6.04 Å². The number of carbonyl (C=O) groups is 1. The summed E-state index contributed by atoms with van der Waals surface area (Å²) in [7, 11) is 0. The average molecular weight is 366 g/mol. The first-order chi connectivity index (χ1) is 13.1. The maximum absolute atomic E-state index is 14.4. The lowest BCUT2D eigenvalue weighted by molar-refractivity contribution is 0.0937. The third-order valence-electron chi connectivity index (χ3n) is 5.20. The van der Waals surface area contributed by atoms with Crippen molar-refractivity contribution in [3.8, 4) is 0 Å². The van der Waals surface area contributed by atoms with Crippen molar-refractivity contribution in [2.45, 2.75) is 25.8 Å². The van der Waals surface area contributed by atoms with Crippen molar-refractivity contribution >= 4 is 16.9 Å². The van der Waals surface area contributed by atoms with Crippen LogP contribution < -0.4 is 5.32 Å². The van der Waals surface area contributed by atoms with Gasteiger partial charge in [-0.3, -0.25) is 9.69 Å². The molecule has 1 aliphatic heterocycles. The Kier molecular flexibility index (Phi) is 4.94. The molecule has 1 aromatic heterocycles. The van der Waals surface area contributed by atoms with Crippen molar-refractivity contribution in [1.82, 2.24) is 10.2 Å². The number of amides is 1. The zero-order valence-electron chi connectivity index (χ0n) is 15.4. The molecule has 5 heteroatoms. The Morgan fingerprint density at radius 1 is 1.19 bits per heavy atom. The first kappa shape index (κ1) is 17.7. The maximum atomic E-state index is 14.4. The van der Waals surface area contributed by atoms with Crippen molar-refractivity contribution in [3.05, 3.63) is 71.2 Å². The SMILES string of the molecule is Cc1cc2cc(C(=O)NC[C@H](c3ccccc3F)N3CCCC3)ccc2o1. The fourth-order valence-electron chi connectivity index (χ4n) is 3.84. The molecule has 0 bridgehead atoms. The third-order valence-corrected chi connectivity index (χ3v) is 5.20. The zero-order chi connectivity index (χ0) is 18.8. The third kappa shape index (κ3) is 3.74. The number of benzene rings is 2. The van der Waals surface area contributed by atoms with Crippen LogP contribution in [0.3, 0.4) is 0 Å². The van der Waals surface area contributed by atoms with Gasteiger partial charge in [0.1, 0.15) is 17.2 Å². The van der Waals surface area contributed by atoms with E-state index in [1.807, 2.05) is 37.3 Å². The van der Waals surface area contributed by atoms with Gasteiger partial charge in [0.25, 0.3) is 5.91 Å². The lowest BCUT2D eigenvalue weighted by atomic mass is 10.0. The van der Waals surface area contributed by atoms with Crippen LogP contribution in [-0.4, -0.2) is 30.4 Å². The van der Waals surface area contributed by atoms with Gasteiger partial charge in [0.2, 0.25) is 0 Å². The first-order valence-electron chi connectivity index (χ1n) is 9.39. The number of hydrogen-bond donors (Lipinski definition) is 1. The smallest absolute Gasteiger partial charge is 0.251 e. The Morgan fingerprint density at radius 3 is 2.74 bits per heavy atom. The summed E-state index contributed by atoms with van der Waals surface area (Å²) >= 11 is 0. The van der Waals surface area contributed by atoms with Gasteiger partial charge in [0, 0.05) is 23.1 Å². The van der Waals surface area contributed by atoms with Gasteiger partial charge in [-0.25, -0.2) is 4.39 Å². The average Bonchev–Trinajstić information content (AvgIpc) is 3.31. The van der Waals surface area contributed by atoms with E-state index in [1.54, 1.807) is 12.1 Å². The van der Waals surface area contributed by atoms with E-state index < -0.39 is 0 Å². The molecule has 4 nitrogen and oxygen atoms in total. The van der Waals surface area contributed by atoms with Crippen LogP contribution in [0.2, 0.25) is 0 Å². The summed E-state index contributed by atoms with van der Waals surface area (Å²) in [6.07, 6.45) is 2.21. The van der Waals surface area contributed by atoms with E-state index in [-0.39, 0.29) is 17.8 Å². The highest BCUT2D eigenvalue weighted by molar-refractivity contribution is 5.97. The highest BCUT2D eigenvalue weighted by Crippen LogP contribution is 2.27. The highest BCUT2D eigenvalue weighted by atomic mass is 19.1. The fraction of sp³-hybridized carbons (Fsp3) is 0.318. The molecule has 0 unspecified atom stereocenters. The Morgan fingerprint density at radius 2 is 1.96 bits per heavy atom. The second-order valence-corrected chi connectivity index (χ2v) is 7.10. The number of aryl methyl sites for hydroxylation is 1. The minimum Gasteiger partial charge on any atom is -0.461 e. The monoisotopic (exact) mass is 366 g/mol. The number of nitrogens with zero attached hydrogens (tertiary/aromatic N) is 1. The number of nitrogens with one attached hydrogen (secondary N) is 1. The quantitative estimate of drug-likeness (QED) is 0.726. The molecule has 27 heavy (non-hydrogen) atoms. The molecule has 0 saturated carbocycles. The summed E-state index contributed by atoms with van der Waals surface area (Å²) in [5.41, 5.74) is 1.99. The van der Waals surface area contributed by atoms with Gasteiger partial charge >= 0.3 is 0 Å². The van der Waals surface area contributed by atoms with Crippen LogP contribution >= 0.6 is 0 Å². The molecule has 1 amide bonds. The van der Waals surface area contributed by atoms with Gasteiger partial charge < -0.3 is 9.73 Å². The van der Waals surface area contributed by atoms with Crippen molar-refractivity contribution < 1.29 is 13.6 Å². The largest absolute Gasteiger partial charge is 0.461 e. The summed E-state index contributed by atoms with van der Waals surface area (Å²) in [6, 6.07) is 14.0. The minimum absolute atomic E-state index is 0.155. The number of rotatable bonds is 5. The molecule has 1 fully saturated rings. The van der Waals surface area contributed by atoms with Gasteiger partial charge in [-0.2, -0.15) is 0 Å². The molecule has 2 heterocycles. The lowest BCUT2D eigenvalue weighted by Crippen LogP contribution is -2.37. The number of carbonyl (C=O) groups excluding carboxylic acids is 1. The van der Waals surface area contributed by atoms with E-state index in [0.29, 0.717) is 17.7 Å². The van der Waals surface area contributed by atoms with Gasteiger partial charge in [-0.05, 0) is 63.2 Å². The Labute approximate surface area is 158 Å². The Bertz CT molecular complexity index is 960. The number of hydrogen-bond acceptors (Lipinski definition) is 3. The second-order valence-electron chi connectivity index (χ2n) is 7.10. The lowest BCUT2D eigenvalue weighted by Gasteiger charge is -2.28. The van der Waals surface area contributed by atoms with Crippen LogP contribution in [0.4, 0.5) is 4.39 Å². The molecule has 4 rings (SSSR count). The van der Waals surface area contributed by atoms with Gasteiger partial charge in [0.15, 0.2) is 0 Å². The number of halogens is 1. The molecule has 1 saturated heterocycles. The molecule has 0 radical (unpaired) electrons. The fourth-order valence-corrected chi connectivity index (χ4v) is 3.84. The summed E-state index contributed by atoms with van der Waals surface area (Å²) in [4.78, 5) is 14.9. The van der Waals surface area contributed by atoms with Crippen LogP contribution in [0, 0.1) is 12.7 Å². The molecular weight excluding hydrogens is 343 g/mol. The van der Waals surface area contributed by atoms with Crippen molar-refractivity contribution in [3.63, 3.8) is 0 Å². The molecule has 1 atom stereocenters. The zero-order valence-corrected chi connectivity index (χ0v) is 15.4. The predicted octanol–water partition coefficient (Wildman–Crippen LogP) is 4.45. The number of fused-ring (bicyclic) bond motifs is 1. The molecule has 0 spiro atoms. The Balaban J connectivity index is 1.52. The van der Waals surface area contributed by atoms with Crippen molar-refractivity contribution in [1.29, 1.82) is 0 Å². The molecule has 2 aromatic carbocycles. The topological polar surface area (TPSA) is 45.5 Å².